The van der Waals surface area contributed by atoms with E-state index in [1.807, 2.05) is 6.92 Å². The van der Waals surface area contributed by atoms with E-state index in [-0.39, 0.29) is 23.7 Å². The zero-order chi connectivity index (χ0) is 23.8. The highest BCUT2D eigenvalue weighted by atomic mass is 19.1. The van der Waals surface area contributed by atoms with Gasteiger partial charge in [0, 0.05) is 43.4 Å². The van der Waals surface area contributed by atoms with E-state index in [1.165, 1.54) is 18.5 Å². The molecular weight excluding hydrogens is 437 g/mol. The number of aryl methyl sites for hydroxylation is 1. The van der Waals surface area contributed by atoms with Gasteiger partial charge >= 0.3 is 0 Å². The smallest absolute Gasteiger partial charge is 0.255 e. The molecule has 3 aromatic rings. The van der Waals surface area contributed by atoms with Crippen LogP contribution in [0, 0.1) is 18.7 Å². The maximum Gasteiger partial charge on any atom is 0.255 e. The fourth-order valence-corrected chi connectivity index (χ4v) is 4.50. The first kappa shape index (κ1) is 22.3. The number of benzene rings is 1. The van der Waals surface area contributed by atoms with E-state index in [4.69, 9.17) is 4.74 Å². The highest BCUT2D eigenvalue weighted by Crippen LogP contribution is 2.36. The lowest BCUT2D eigenvalue weighted by molar-refractivity contribution is -0.129. The minimum atomic E-state index is -0.376. The third-order valence-corrected chi connectivity index (χ3v) is 6.64. The van der Waals surface area contributed by atoms with E-state index in [0.717, 1.165) is 12.8 Å². The first-order chi connectivity index (χ1) is 16.4. The standard InChI is InChI=1S/C25H28FN5O3/c1-14-21(25(33)30-18-7-9-31(10-8-18)15(2)32)23-24(29-14)22(27-13-28-23)19-6-5-17(26)11-20(19)34-12-16-3-4-16/h5-6,11,13,16,18,29H,3-4,7-10,12H2,1-2H3,(H,30,33). The van der Waals surface area contributed by atoms with E-state index in [9.17, 15) is 14.0 Å². The number of hydrogen-bond donors (Lipinski definition) is 2. The molecule has 1 aliphatic carbocycles. The van der Waals surface area contributed by atoms with Crippen molar-refractivity contribution in [2.24, 2.45) is 5.92 Å². The molecule has 1 saturated heterocycles. The summed E-state index contributed by atoms with van der Waals surface area (Å²) < 4.78 is 19.9. The van der Waals surface area contributed by atoms with Crippen LogP contribution >= 0.6 is 0 Å². The maximum atomic E-state index is 14.0. The van der Waals surface area contributed by atoms with Crippen LogP contribution in [0.2, 0.25) is 0 Å². The van der Waals surface area contributed by atoms with Crippen LogP contribution in [0.5, 0.6) is 5.75 Å². The molecule has 178 valence electrons. The summed E-state index contributed by atoms with van der Waals surface area (Å²) in [4.78, 5) is 38.7. The van der Waals surface area contributed by atoms with Crippen molar-refractivity contribution >= 4 is 22.8 Å². The van der Waals surface area contributed by atoms with Crippen molar-refractivity contribution in [2.45, 2.75) is 45.6 Å². The number of nitrogens with one attached hydrogen (secondary N) is 2. The zero-order valence-electron chi connectivity index (χ0n) is 19.4. The van der Waals surface area contributed by atoms with Crippen LogP contribution in [0.1, 0.15) is 48.7 Å². The lowest BCUT2D eigenvalue weighted by Gasteiger charge is -2.31. The van der Waals surface area contributed by atoms with Crippen LogP contribution in [0.3, 0.4) is 0 Å². The number of piperidine rings is 1. The Labute approximate surface area is 196 Å². The second kappa shape index (κ2) is 9.04. The molecule has 2 fully saturated rings. The van der Waals surface area contributed by atoms with E-state index in [1.54, 1.807) is 17.9 Å². The summed E-state index contributed by atoms with van der Waals surface area (Å²) in [5, 5.41) is 3.10. The van der Waals surface area contributed by atoms with Gasteiger partial charge in [0.2, 0.25) is 5.91 Å². The summed E-state index contributed by atoms with van der Waals surface area (Å²) in [6.45, 7) is 5.20. The SMILES string of the molecule is CC(=O)N1CCC(NC(=O)c2c(C)[nH]c3c(-c4ccc(F)cc4OCC4CC4)ncnc23)CC1. The van der Waals surface area contributed by atoms with Crippen molar-refractivity contribution in [3.63, 3.8) is 0 Å². The number of ether oxygens (including phenoxy) is 1. The summed E-state index contributed by atoms with van der Waals surface area (Å²) in [6, 6.07) is 4.40. The Kier molecular flexibility index (Phi) is 5.93. The van der Waals surface area contributed by atoms with Crippen LogP contribution in [0.4, 0.5) is 4.39 Å². The van der Waals surface area contributed by atoms with Gasteiger partial charge in [-0.05, 0) is 50.7 Å². The van der Waals surface area contributed by atoms with Crippen LogP contribution in [0.15, 0.2) is 24.5 Å². The molecule has 5 rings (SSSR count). The maximum absolute atomic E-state index is 14.0. The van der Waals surface area contributed by atoms with Crippen LogP contribution < -0.4 is 10.1 Å². The van der Waals surface area contributed by atoms with Crippen molar-refractivity contribution in [1.29, 1.82) is 0 Å². The number of amides is 2. The molecule has 3 heterocycles. The van der Waals surface area contributed by atoms with Crippen molar-refractivity contribution in [3.8, 4) is 17.0 Å². The summed E-state index contributed by atoms with van der Waals surface area (Å²) >= 11 is 0. The van der Waals surface area contributed by atoms with Crippen LogP contribution in [-0.4, -0.2) is 57.4 Å². The molecule has 1 saturated carbocycles. The molecule has 0 radical (unpaired) electrons. The molecule has 34 heavy (non-hydrogen) atoms. The Morgan fingerprint density at radius 2 is 1.97 bits per heavy atom. The largest absolute Gasteiger partial charge is 0.492 e. The van der Waals surface area contributed by atoms with Crippen LogP contribution in [0.25, 0.3) is 22.3 Å². The monoisotopic (exact) mass is 465 g/mol. The number of likely N-dealkylation sites (tertiary alicyclic amines) is 1. The molecule has 9 heteroatoms. The first-order valence-corrected chi connectivity index (χ1v) is 11.7. The zero-order valence-corrected chi connectivity index (χ0v) is 19.4. The molecule has 0 atom stereocenters. The highest BCUT2D eigenvalue weighted by molar-refractivity contribution is 6.09. The predicted octanol–water partition coefficient (Wildman–Crippen LogP) is 3.60. The lowest BCUT2D eigenvalue weighted by Crippen LogP contribution is -2.46. The van der Waals surface area contributed by atoms with Crippen LogP contribution in [-0.2, 0) is 4.79 Å². The second-order valence-corrected chi connectivity index (χ2v) is 9.22. The lowest BCUT2D eigenvalue weighted by atomic mass is 10.0. The van der Waals surface area contributed by atoms with Gasteiger partial charge in [-0.15, -0.1) is 0 Å². The van der Waals surface area contributed by atoms with Gasteiger partial charge in [0.1, 0.15) is 29.1 Å². The number of aromatic amines is 1. The topological polar surface area (TPSA) is 100 Å². The number of rotatable bonds is 6. The Morgan fingerprint density at radius 1 is 1.21 bits per heavy atom. The predicted molar refractivity (Wildman–Crippen MR) is 125 cm³/mol. The molecule has 1 aromatic carbocycles. The van der Waals surface area contributed by atoms with Gasteiger partial charge in [-0.25, -0.2) is 14.4 Å². The Balaban J connectivity index is 1.43. The minimum Gasteiger partial charge on any atom is -0.492 e. The van der Waals surface area contributed by atoms with Crippen molar-refractivity contribution in [1.82, 2.24) is 25.2 Å². The minimum absolute atomic E-state index is 0.00622. The third-order valence-electron chi connectivity index (χ3n) is 6.64. The average Bonchev–Trinajstić information content (AvgIpc) is 3.58. The van der Waals surface area contributed by atoms with Gasteiger partial charge < -0.3 is 19.9 Å². The molecule has 2 aliphatic rings. The molecular formula is C25H28FN5O3. The molecule has 0 spiro atoms. The van der Waals surface area contributed by atoms with Gasteiger partial charge in [-0.1, -0.05) is 0 Å². The highest BCUT2D eigenvalue weighted by Gasteiger charge is 2.27. The number of halogens is 1. The van der Waals surface area contributed by atoms with Crippen molar-refractivity contribution in [2.75, 3.05) is 19.7 Å². The van der Waals surface area contributed by atoms with Gasteiger partial charge in [0.15, 0.2) is 0 Å². The number of carbonyl (C=O) groups is 2. The van der Waals surface area contributed by atoms with Gasteiger partial charge in [0.25, 0.3) is 5.91 Å². The fourth-order valence-electron chi connectivity index (χ4n) is 4.50. The molecule has 2 aromatic heterocycles. The summed E-state index contributed by atoms with van der Waals surface area (Å²) in [5.41, 5.74) is 3.48. The first-order valence-electron chi connectivity index (χ1n) is 11.7. The molecule has 0 bridgehead atoms. The Bertz CT molecular complexity index is 1240. The van der Waals surface area contributed by atoms with E-state index in [2.05, 4.69) is 20.3 Å². The number of fused-ring (bicyclic) bond motifs is 1. The normalized spacial score (nSPS) is 16.6. The van der Waals surface area contributed by atoms with Crippen molar-refractivity contribution in [3.05, 3.63) is 41.6 Å². The Hall–Kier alpha value is -3.49. The van der Waals surface area contributed by atoms with Gasteiger partial charge in [-0.3, -0.25) is 9.59 Å². The molecule has 0 unspecified atom stereocenters. The van der Waals surface area contributed by atoms with Gasteiger partial charge in [-0.2, -0.15) is 0 Å². The molecule has 2 N–H and O–H groups in total. The van der Waals surface area contributed by atoms with Gasteiger partial charge in [0.05, 0.1) is 17.7 Å². The number of aromatic nitrogens is 3. The fraction of sp³-hybridized carbons (Fsp3) is 0.440. The number of hydrogen-bond acceptors (Lipinski definition) is 5. The number of nitrogens with zero attached hydrogens (tertiary/aromatic N) is 3. The summed E-state index contributed by atoms with van der Waals surface area (Å²) in [6.07, 6.45) is 5.10. The number of carbonyl (C=O) groups excluding carboxylic acids is 2. The average molecular weight is 466 g/mol. The molecule has 8 nitrogen and oxygen atoms in total. The summed E-state index contributed by atoms with van der Waals surface area (Å²) in [7, 11) is 0. The summed E-state index contributed by atoms with van der Waals surface area (Å²) in [5.74, 6) is 0.425. The molecule has 2 amide bonds. The van der Waals surface area contributed by atoms with E-state index >= 15 is 0 Å². The van der Waals surface area contributed by atoms with Crippen molar-refractivity contribution < 1.29 is 18.7 Å². The molecule has 1 aliphatic heterocycles. The van der Waals surface area contributed by atoms with E-state index in [0.29, 0.717) is 77.8 Å². The third kappa shape index (κ3) is 4.47. The number of H-pyrrole nitrogens is 1. The van der Waals surface area contributed by atoms with E-state index < -0.39 is 0 Å². The quantitative estimate of drug-likeness (QED) is 0.579. The Morgan fingerprint density at radius 3 is 2.68 bits per heavy atom. The second-order valence-electron chi connectivity index (χ2n) is 9.22.